The molecule has 1 aromatic carbocycles. The van der Waals surface area contributed by atoms with E-state index >= 15 is 0 Å². The van der Waals surface area contributed by atoms with Crippen molar-refractivity contribution in [3.8, 4) is 6.07 Å². The van der Waals surface area contributed by atoms with E-state index in [1.54, 1.807) is 24.3 Å². The molecule has 1 aliphatic heterocycles. The molecule has 39 heavy (non-hydrogen) atoms. The maximum absolute atomic E-state index is 13.4. The third-order valence-electron chi connectivity index (χ3n) is 6.93. The third kappa shape index (κ3) is 9.61. The number of halogens is 1. The molecule has 1 aliphatic rings. The summed E-state index contributed by atoms with van der Waals surface area (Å²) in [4.78, 5) is 31.2. The van der Waals surface area contributed by atoms with E-state index in [1.807, 2.05) is 11.0 Å². The number of hydrogen-bond donors (Lipinski definition) is 3. The number of unbranched alkanes of at least 4 members (excludes halogenated alkanes) is 1. The number of carbonyl (C=O) groups excluding carboxylic acids is 1. The van der Waals surface area contributed by atoms with Gasteiger partial charge in [-0.25, -0.2) is 14.2 Å². The first kappa shape index (κ1) is 30.0. The largest absolute Gasteiger partial charge is 0.480 e. The maximum atomic E-state index is 13.4. The molecule has 0 fully saturated rings. The summed E-state index contributed by atoms with van der Waals surface area (Å²) in [7, 11) is 1.46. The number of anilines is 1. The summed E-state index contributed by atoms with van der Waals surface area (Å²) in [6, 6.07) is 11.9. The van der Waals surface area contributed by atoms with Gasteiger partial charge in [0, 0.05) is 32.4 Å². The van der Waals surface area contributed by atoms with Crippen molar-refractivity contribution in [1.29, 1.82) is 5.26 Å². The third-order valence-corrected chi connectivity index (χ3v) is 6.93. The van der Waals surface area contributed by atoms with Gasteiger partial charge in [-0.15, -0.1) is 0 Å². The number of nitriles is 1. The fourth-order valence-electron chi connectivity index (χ4n) is 4.69. The normalized spacial score (nSPS) is 14.1. The minimum absolute atomic E-state index is 0.0862. The molecule has 0 unspecified atom stereocenters. The number of nitrogens with one attached hydrogen (secondary N) is 2. The quantitative estimate of drug-likeness (QED) is 0.278. The Bertz CT molecular complexity index is 1130. The van der Waals surface area contributed by atoms with Crippen LogP contribution in [0.1, 0.15) is 48.1 Å². The Morgan fingerprint density at radius 3 is 2.82 bits per heavy atom. The number of amides is 1. The zero-order valence-corrected chi connectivity index (χ0v) is 22.5. The van der Waals surface area contributed by atoms with Gasteiger partial charge in [-0.2, -0.15) is 5.26 Å². The first-order valence-corrected chi connectivity index (χ1v) is 13.5. The van der Waals surface area contributed by atoms with Crippen LogP contribution in [0.4, 0.5) is 10.2 Å². The topological polar surface area (TPSA) is 128 Å². The lowest BCUT2D eigenvalue weighted by molar-refractivity contribution is -0.142. The predicted octanol–water partition coefficient (Wildman–Crippen LogP) is 3.12. The molecule has 2 heterocycles. The summed E-state index contributed by atoms with van der Waals surface area (Å²) in [5, 5.41) is 24.9. The van der Waals surface area contributed by atoms with E-state index in [4.69, 9.17) is 9.72 Å². The Morgan fingerprint density at radius 2 is 2.08 bits per heavy atom. The van der Waals surface area contributed by atoms with Crippen LogP contribution in [0, 0.1) is 11.3 Å². The average molecular weight is 540 g/mol. The van der Waals surface area contributed by atoms with E-state index in [9.17, 15) is 24.3 Å². The molecule has 1 amide bonds. The molecule has 0 aliphatic carbocycles. The van der Waals surface area contributed by atoms with Crippen LogP contribution < -0.4 is 10.6 Å². The van der Waals surface area contributed by atoms with Crippen molar-refractivity contribution in [2.75, 3.05) is 45.3 Å². The summed E-state index contributed by atoms with van der Waals surface area (Å²) in [5.41, 5.74) is 3.20. The monoisotopic (exact) mass is 539 g/mol. The number of aliphatic carboxylic acids is 1. The highest BCUT2D eigenvalue weighted by Crippen LogP contribution is 2.20. The summed E-state index contributed by atoms with van der Waals surface area (Å²) in [6.45, 7) is 1.62. The zero-order chi connectivity index (χ0) is 28.0. The van der Waals surface area contributed by atoms with Gasteiger partial charge >= 0.3 is 5.97 Å². The molecule has 2 aromatic rings. The van der Waals surface area contributed by atoms with Crippen LogP contribution >= 0.6 is 0 Å². The van der Waals surface area contributed by atoms with E-state index in [0.717, 1.165) is 50.2 Å². The second-order valence-corrected chi connectivity index (χ2v) is 9.80. The van der Waals surface area contributed by atoms with Gasteiger partial charge in [-0.05, 0) is 68.3 Å². The number of aryl methyl sites for hydroxylation is 2. The number of benzene rings is 1. The SMILES string of the molecule is CO[C@H](CF)CN(CCCCc1ccc2c(n1)NCCC2)CC[C@H](NC(=O)Cc1ccccc1C#N)C(=O)O. The van der Waals surface area contributed by atoms with Gasteiger partial charge in [0.1, 0.15) is 18.5 Å². The molecule has 210 valence electrons. The number of ether oxygens (including phenoxy) is 1. The Kier molecular flexibility index (Phi) is 12.1. The highest BCUT2D eigenvalue weighted by atomic mass is 19.1. The van der Waals surface area contributed by atoms with Crippen molar-refractivity contribution >= 4 is 17.7 Å². The van der Waals surface area contributed by atoms with Crippen molar-refractivity contribution in [2.24, 2.45) is 0 Å². The van der Waals surface area contributed by atoms with Gasteiger partial charge in [0.2, 0.25) is 5.91 Å². The summed E-state index contributed by atoms with van der Waals surface area (Å²) >= 11 is 0. The zero-order valence-electron chi connectivity index (χ0n) is 22.5. The first-order chi connectivity index (χ1) is 18.9. The number of hydrogen-bond acceptors (Lipinski definition) is 7. The Labute approximate surface area is 229 Å². The fourth-order valence-corrected chi connectivity index (χ4v) is 4.69. The highest BCUT2D eigenvalue weighted by Gasteiger charge is 2.23. The Morgan fingerprint density at radius 1 is 1.26 bits per heavy atom. The van der Waals surface area contributed by atoms with E-state index in [1.165, 1.54) is 12.7 Å². The average Bonchev–Trinajstić information content (AvgIpc) is 2.95. The van der Waals surface area contributed by atoms with Crippen LogP contribution in [0.5, 0.6) is 0 Å². The number of pyridine rings is 1. The number of carboxylic acid groups (broad SMARTS) is 1. The van der Waals surface area contributed by atoms with Gasteiger partial charge < -0.3 is 25.4 Å². The summed E-state index contributed by atoms with van der Waals surface area (Å²) < 4.78 is 18.6. The van der Waals surface area contributed by atoms with Gasteiger partial charge in [0.15, 0.2) is 0 Å². The van der Waals surface area contributed by atoms with E-state index in [0.29, 0.717) is 30.8 Å². The summed E-state index contributed by atoms with van der Waals surface area (Å²) in [6.07, 6.45) is 4.14. The number of nitrogens with zero attached hydrogens (tertiary/aromatic N) is 3. The molecule has 0 saturated heterocycles. The standard InChI is InChI=1S/C29H38FN5O4/c1-39-25(18-30)20-35(15-5-4-10-24-12-11-21-9-6-14-32-28(21)33-24)16-13-26(29(37)38)34-27(36)17-22-7-2-3-8-23(22)19-31/h2-3,7-8,11-12,25-26H,4-6,9-10,13-18,20H2,1H3,(H,32,33)(H,34,36)(H,37,38)/t25-,26+/m1/s1. The molecule has 0 spiro atoms. The number of carboxylic acids is 1. The molecular weight excluding hydrogens is 501 g/mol. The lowest BCUT2D eigenvalue weighted by Crippen LogP contribution is -2.45. The minimum atomic E-state index is -1.14. The number of alkyl halides is 1. The first-order valence-electron chi connectivity index (χ1n) is 13.5. The van der Waals surface area contributed by atoms with Gasteiger partial charge in [0.05, 0.1) is 24.2 Å². The maximum Gasteiger partial charge on any atom is 0.326 e. The van der Waals surface area contributed by atoms with Gasteiger partial charge in [-0.1, -0.05) is 24.3 Å². The lowest BCUT2D eigenvalue weighted by Gasteiger charge is -2.27. The molecule has 1 aromatic heterocycles. The number of aromatic nitrogens is 1. The predicted molar refractivity (Wildman–Crippen MR) is 146 cm³/mol. The lowest BCUT2D eigenvalue weighted by atomic mass is 10.0. The van der Waals surface area contributed by atoms with E-state index in [2.05, 4.69) is 22.8 Å². The molecule has 10 heteroatoms. The van der Waals surface area contributed by atoms with Crippen LogP contribution in [0.3, 0.4) is 0 Å². The molecule has 3 rings (SSSR count). The fraction of sp³-hybridized carbons (Fsp3) is 0.517. The number of methoxy groups -OCH3 is 1. The summed E-state index contributed by atoms with van der Waals surface area (Å²) in [5.74, 6) is -0.635. The van der Waals surface area contributed by atoms with Crippen LogP contribution in [0.2, 0.25) is 0 Å². The number of fused-ring (bicyclic) bond motifs is 1. The van der Waals surface area contributed by atoms with Crippen LogP contribution in [0.25, 0.3) is 0 Å². The molecule has 2 atom stereocenters. The van der Waals surface area contributed by atoms with Crippen molar-refractivity contribution in [1.82, 2.24) is 15.2 Å². The van der Waals surface area contributed by atoms with Crippen molar-refractivity contribution < 1.29 is 23.8 Å². The van der Waals surface area contributed by atoms with Crippen molar-refractivity contribution in [2.45, 2.75) is 57.1 Å². The molecule has 9 nitrogen and oxygen atoms in total. The van der Waals surface area contributed by atoms with E-state index < -0.39 is 30.7 Å². The molecular formula is C29H38FN5O4. The van der Waals surface area contributed by atoms with Gasteiger partial charge in [-0.3, -0.25) is 4.79 Å². The molecule has 0 saturated carbocycles. The molecule has 0 bridgehead atoms. The second-order valence-electron chi connectivity index (χ2n) is 9.80. The van der Waals surface area contributed by atoms with Crippen molar-refractivity contribution in [3.05, 3.63) is 58.8 Å². The Balaban J connectivity index is 1.52. The molecule has 3 N–H and O–H groups in total. The van der Waals surface area contributed by atoms with Crippen molar-refractivity contribution in [3.63, 3.8) is 0 Å². The second kappa shape index (κ2) is 15.8. The minimum Gasteiger partial charge on any atom is -0.480 e. The van der Waals surface area contributed by atoms with Crippen LogP contribution in [-0.4, -0.2) is 79.0 Å². The van der Waals surface area contributed by atoms with E-state index in [-0.39, 0.29) is 12.8 Å². The smallest absolute Gasteiger partial charge is 0.326 e. The van der Waals surface area contributed by atoms with Crippen LogP contribution in [-0.2, 0) is 33.6 Å². The highest BCUT2D eigenvalue weighted by molar-refractivity contribution is 5.85. The number of carbonyl (C=O) groups is 2. The Hall–Kier alpha value is -3.55. The van der Waals surface area contributed by atoms with Crippen LogP contribution in [0.15, 0.2) is 36.4 Å². The molecule has 0 radical (unpaired) electrons. The number of rotatable bonds is 16. The van der Waals surface area contributed by atoms with Gasteiger partial charge in [0.25, 0.3) is 0 Å².